The molecule has 1 heterocycles. The summed E-state index contributed by atoms with van der Waals surface area (Å²) in [5.74, 6) is -0.165. The summed E-state index contributed by atoms with van der Waals surface area (Å²) < 4.78 is 3.06. The molecule has 0 saturated carbocycles. The Labute approximate surface area is 122 Å². The second-order valence-electron chi connectivity index (χ2n) is 4.69. The van der Waals surface area contributed by atoms with Crippen molar-refractivity contribution < 1.29 is 4.79 Å². The number of nitrogens with zero attached hydrogens (tertiary/aromatic N) is 3. The highest BCUT2D eigenvalue weighted by atomic mass is 16.2. The Bertz CT molecular complexity index is 737. The molecular weight excluding hydrogens is 268 g/mol. The van der Waals surface area contributed by atoms with Gasteiger partial charge in [0.05, 0.1) is 11.3 Å². The van der Waals surface area contributed by atoms with Gasteiger partial charge in [-0.25, -0.2) is 4.79 Å². The zero-order valence-electron chi connectivity index (χ0n) is 11.7. The lowest BCUT2D eigenvalue weighted by Crippen LogP contribution is -2.22. The van der Waals surface area contributed by atoms with Crippen LogP contribution in [-0.4, -0.2) is 15.0 Å². The molecule has 0 fully saturated rings. The molecule has 108 valence electrons. The summed E-state index contributed by atoms with van der Waals surface area (Å²) in [5, 5.41) is 11.7. The maximum absolute atomic E-state index is 11.8. The predicted molar refractivity (Wildman–Crippen MR) is 78.7 cm³/mol. The number of nitrogens with one attached hydrogen (secondary N) is 1. The number of nitriles is 1. The largest absolute Gasteiger partial charge is 0.327 e. The average molecular weight is 284 g/mol. The molecule has 0 spiro atoms. The molecule has 0 unspecified atom stereocenters. The molecule has 2 aromatic rings. The minimum atomic E-state index is -0.165. The van der Waals surface area contributed by atoms with Crippen molar-refractivity contribution in [1.29, 1.82) is 5.26 Å². The van der Waals surface area contributed by atoms with Crippen molar-refractivity contribution in [2.45, 2.75) is 19.4 Å². The molecule has 0 atom stereocenters. The Hall–Kier alpha value is -2.81. The Morgan fingerprint density at radius 1 is 1.33 bits per heavy atom. The Morgan fingerprint density at radius 2 is 2.10 bits per heavy atom. The van der Waals surface area contributed by atoms with E-state index in [1.54, 1.807) is 48.3 Å². The molecule has 1 N–H and O–H groups in total. The number of aromatic nitrogens is 2. The smallest absolute Gasteiger partial charge is 0.325 e. The standard InChI is InChI=1S/C15H16N4O2/c1-18-9-10-19(15(18)21)8-4-7-14(20)17-13-6-3-2-5-12(13)11-16/h2-3,5-6,9-10H,4,7-8H2,1H3,(H,17,20). The first-order valence-electron chi connectivity index (χ1n) is 6.62. The number of amides is 1. The summed E-state index contributed by atoms with van der Waals surface area (Å²) in [7, 11) is 1.68. The number of rotatable bonds is 5. The van der Waals surface area contributed by atoms with Gasteiger partial charge >= 0.3 is 5.69 Å². The van der Waals surface area contributed by atoms with Gasteiger partial charge in [0.25, 0.3) is 0 Å². The van der Waals surface area contributed by atoms with Crippen molar-refractivity contribution in [3.63, 3.8) is 0 Å². The van der Waals surface area contributed by atoms with Crippen molar-refractivity contribution in [2.75, 3.05) is 5.32 Å². The van der Waals surface area contributed by atoms with Crippen molar-refractivity contribution in [3.05, 3.63) is 52.7 Å². The maximum Gasteiger partial charge on any atom is 0.327 e. The highest BCUT2D eigenvalue weighted by Gasteiger charge is 2.07. The van der Waals surface area contributed by atoms with Crippen LogP contribution in [0.2, 0.25) is 0 Å². The predicted octanol–water partition coefficient (Wildman–Crippen LogP) is 1.48. The van der Waals surface area contributed by atoms with Crippen LogP contribution in [0.3, 0.4) is 0 Å². The number of carbonyl (C=O) groups excluding carboxylic acids is 1. The van der Waals surface area contributed by atoms with Gasteiger partial charge in [-0.1, -0.05) is 12.1 Å². The monoisotopic (exact) mass is 284 g/mol. The number of carbonyl (C=O) groups is 1. The number of hydrogen-bond acceptors (Lipinski definition) is 3. The zero-order valence-corrected chi connectivity index (χ0v) is 11.7. The molecule has 6 nitrogen and oxygen atoms in total. The second-order valence-corrected chi connectivity index (χ2v) is 4.69. The minimum Gasteiger partial charge on any atom is -0.325 e. The van der Waals surface area contributed by atoms with Crippen LogP contribution in [0.25, 0.3) is 0 Å². The van der Waals surface area contributed by atoms with E-state index in [0.29, 0.717) is 30.6 Å². The van der Waals surface area contributed by atoms with E-state index in [0.717, 1.165) is 0 Å². The number of imidazole rings is 1. The lowest BCUT2D eigenvalue weighted by Gasteiger charge is -2.06. The summed E-state index contributed by atoms with van der Waals surface area (Å²) in [6.07, 6.45) is 4.24. The van der Waals surface area contributed by atoms with Crippen LogP contribution in [0.5, 0.6) is 0 Å². The van der Waals surface area contributed by atoms with E-state index < -0.39 is 0 Å². The fraction of sp³-hybridized carbons (Fsp3) is 0.267. The van der Waals surface area contributed by atoms with Gasteiger partial charge in [0.2, 0.25) is 5.91 Å². The number of anilines is 1. The van der Waals surface area contributed by atoms with Gasteiger partial charge in [-0.2, -0.15) is 5.26 Å². The molecule has 1 aromatic carbocycles. The Balaban J connectivity index is 1.87. The zero-order chi connectivity index (χ0) is 15.2. The number of benzene rings is 1. The van der Waals surface area contributed by atoms with Crippen molar-refractivity contribution in [3.8, 4) is 6.07 Å². The average Bonchev–Trinajstić information content (AvgIpc) is 2.80. The maximum atomic E-state index is 11.8. The second kappa shape index (κ2) is 6.57. The fourth-order valence-corrected chi connectivity index (χ4v) is 1.99. The molecule has 0 bridgehead atoms. The molecule has 0 aliphatic carbocycles. The van der Waals surface area contributed by atoms with Crippen LogP contribution in [0.4, 0.5) is 5.69 Å². The van der Waals surface area contributed by atoms with Gasteiger partial charge in [-0.15, -0.1) is 0 Å². The minimum absolute atomic E-state index is 0.0924. The molecule has 0 aliphatic rings. The number of hydrogen-bond donors (Lipinski definition) is 1. The van der Waals surface area contributed by atoms with E-state index >= 15 is 0 Å². The van der Waals surface area contributed by atoms with Crippen molar-refractivity contribution in [1.82, 2.24) is 9.13 Å². The van der Waals surface area contributed by atoms with Gasteiger partial charge in [0, 0.05) is 32.4 Å². The number of aryl methyl sites for hydroxylation is 2. The van der Waals surface area contributed by atoms with Crippen LogP contribution in [-0.2, 0) is 18.4 Å². The third-order valence-corrected chi connectivity index (χ3v) is 3.14. The lowest BCUT2D eigenvalue weighted by atomic mass is 10.2. The van der Waals surface area contributed by atoms with Gasteiger partial charge < -0.3 is 9.88 Å². The molecule has 1 amide bonds. The molecule has 1 aromatic heterocycles. The Kier molecular flexibility index (Phi) is 4.57. The quantitative estimate of drug-likeness (QED) is 0.903. The molecular formula is C15H16N4O2. The molecule has 2 rings (SSSR count). The normalized spacial score (nSPS) is 10.1. The van der Waals surface area contributed by atoms with Gasteiger partial charge in [0.1, 0.15) is 6.07 Å². The van der Waals surface area contributed by atoms with Crippen LogP contribution in [0.15, 0.2) is 41.5 Å². The third-order valence-electron chi connectivity index (χ3n) is 3.14. The molecule has 0 radical (unpaired) electrons. The van der Waals surface area contributed by atoms with E-state index in [2.05, 4.69) is 5.32 Å². The van der Waals surface area contributed by atoms with Gasteiger partial charge in [-0.3, -0.25) is 9.36 Å². The van der Waals surface area contributed by atoms with E-state index in [1.807, 2.05) is 6.07 Å². The van der Waals surface area contributed by atoms with E-state index in [4.69, 9.17) is 5.26 Å². The molecule has 6 heteroatoms. The first-order chi connectivity index (χ1) is 10.1. The van der Waals surface area contributed by atoms with E-state index in [9.17, 15) is 9.59 Å². The molecule has 21 heavy (non-hydrogen) atoms. The van der Waals surface area contributed by atoms with Crippen LogP contribution in [0.1, 0.15) is 18.4 Å². The summed E-state index contributed by atoms with van der Waals surface area (Å²) in [5.41, 5.74) is 0.859. The van der Waals surface area contributed by atoms with Crippen LogP contribution < -0.4 is 11.0 Å². The summed E-state index contributed by atoms with van der Waals surface area (Å²) in [6.45, 7) is 0.493. The molecule has 0 saturated heterocycles. The summed E-state index contributed by atoms with van der Waals surface area (Å²) >= 11 is 0. The first kappa shape index (κ1) is 14.6. The van der Waals surface area contributed by atoms with E-state index in [-0.39, 0.29) is 11.6 Å². The lowest BCUT2D eigenvalue weighted by molar-refractivity contribution is -0.116. The SMILES string of the molecule is Cn1ccn(CCCC(=O)Nc2ccccc2C#N)c1=O. The van der Waals surface area contributed by atoms with E-state index in [1.165, 1.54) is 4.57 Å². The van der Waals surface area contributed by atoms with Crippen molar-refractivity contribution >= 4 is 11.6 Å². The summed E-state index contributed by atoms with van der Waals surface area (Å²) in [4.78, 5) is 23.5. The van der Waals surface area contributed by atoms with Gasteiger partial charge in [-0.05, 0) is 18.6 Å². The summed E-state index contributed by atoms with van der Waals surface area (Å²) in [6, 6.07) is 8.88. The topological polar surface area (TPSA) is 79.8 Å². The Morgan fingerprint density at radius 3 is 2.76 bits per heavy atom. The highest BCUT2D eigenvalue weighted by Crippen LogP contribution is 2.13. The fourth-order valence-electron chi connectivity index (χ4n) is 1.99. The third kappa shape index (κ3) is 3.60. The van der Waals surface area contributed by atoms with Crippen LogP contribution in [0, 0.1) is 11.3 Å². The van der Waals surface area contributed by atoms with Crippen LogP contribution >= 0.6 is 0 Å². The first-order valence-corrected chi connectivity index (χ1v) is 6.62. The van der Waals surface area contributed by atoms with Gasteiger partial charge in [0.15, 0.2) is 0 Å². The highest BCUT2D eigenvalue weighted by molar-refractivity contribution is 5.92. The van der Waals surface area contributed by atoms with Crippen molar-refractivity contribution in [2.24, 2.45) is 7.05 Å². The number of para-hydroxylation sites is 1. The molecule has 0 aliphatic heterocycles.